The molecule has 0 aliphatic carbocycles. The minimum atomic E-state index is -0.815. The lowest BCUT2D eigenvalue weighted by Crippen LogP contribution is -2.30. The molecule has 0 aliphatic heterocycles. The van der Waals surface area contributed by atoms with Gasteiger partial charge in [0.05, 0.1) is 0 Å². The summed E-state index contributed by atoms with van der Waals surface area (Å²) in [5, 5.41) is 0. The van der Waals surface area contributed by atoms with Crippen LogP contribution in [0.2, 0.25) is 0 Å². The Morgan fingerprint density at radius 3 is 0.790 bits per heavy atom. The zero-order valence-electron chi connectivity index (χ0n) is 52.2. The van der Waals surface area contributed by atoms with Crippen LogP contribution in [-0.2, 0) is 28.6 Å². The molecule has 0 amide bonds. The van der Waals surface area contributed by atoms with Crippen molar-refractivity contribution >= 4 is 17.9 Å². The fourth-order valence-corrected chi connectivity index (χ4v) is 8.62. The summed E-state index contributed by atoms with van der Waals surface area (Å²) in [5.41, 5.74) is 0. The van der Waals surface area contributed by atoms with Crippen molar-refractivity contribution < 1.29 is 28.6 Å². The van der Waals surface area contributed by atoms with Gasteiger partial charge in [-0.15, -0.1) is 0 Å². The highest BCUT2D eigenvalue weighted by Crippen LogP contribution is 2.14. The van der Waals surface area contributed by atoms with Crippen molar-refractivity contribution in [2.45, 2.75) is 284 Å². The van der Waals surface area contributed by atoms with Gasteiger partial charge in [-0.05, 0) is 148 Å². The molecule has 1 unspecified atom stereocenters. The molecule has 0 rings (SSSR count). The van der Waals surface area contributed by atoms with E-state index in [4.69, 9.17) is 14.2 Å². The fourth-order valence-electron chi connectivity index (χ4n) is 8.62. The van der Waals surface area contributed by atoms with E-state index in [2.05, 4.69) is 179 Å². The van der Waals surface area contributed by atoms with E-state index in [0.29, 0.717) is 25.7 Å². The van der Waals surface area contributed by atoms with Gasteiger partial charge < -0.3 is 14.2 Å². The molecule has 0 spiro atoms. The fraction of sp³-hybridized carbons (Fsp3) is 0.613. The van der Waals surface area contributed by atoms with E-state index in [1.165, 1.54) is 89.9 Å². The molecule has 6 heteroatoms. The smallest absolute Gasteiger partial charge is 0.306 e. The Kier molecular flexibility index (Phi) is 63.4. The summed E-state index contributed by atoms with van der Waals surface area (Å²) >= 11 is 0. The van der Waals surface area contributed by atoms with E-state index in [1.807, 2.05) is 0 Å². The summed E-state index contributed by atoms with van der Waals surface area (Å²) in [7, 11) is 0. The molecule has 0 heterocycles. The molecule has 0 saturated carbocycles. The number of unbranched alkanes of at least 4 members (excludes halogenated alkanes) is 21. The molecule has 0 aliphatic rings. The van der Waals surface area contributed by atoms with Gasteiger partial charge in [-0.3, -0.25) is 14.4 Å². The van der Waals surface area contributed by atoms with Gasteiger partial charge in [0.25, 0.3) is 0 Å². The third-order valence-corrected chi connectivity index (χ3v) is 13.5. The Morgan fingerprint density at radius 1 is 0.259 bits per heavy atom. The van der Waals surface area contributed by atoms with Gasteiger partial charge in [0, 0.05) is 19.3 Å². The van der Waals surface area contributed by atoms with Crippen LogP contribution >= 0.6 is 0 Å². The lowest BCUT2D eigenvalue weighted by molar-refractivity contribution is -0.167. The molecule has 0 aromatic carbocycles. The monoisotopic (exact) mass is 1120 g/mol. The molecule has 0 fully saturated rings. The van der Waals surface area contributed by atoms with E-state index in [-0.39, 0.29) is 31.1 Å². The first-order valence-corrected chi connectivity index (χ1v) is 33.0. The van der Waals surface area contributed by atoms with Crippen LogP contribution < -0.4 is 0 Å². The van der Waals surface area contributed by atoms with Gasteiger partial charge in [0.2, 0.25) is 0 Å². The van der Waals surface area contributed by atoms with E-state index in [1.54, 1.807) is 0 Å². The maximum Gasteiger partial charge on any atom is 0.306 e. The average Bonchev–Trinajstić information content (AvgIpc) is 3.47. The molecular formula is C75H120O6. The van der Waals surface area contributed by atoms with E-state index >= 15 is 0 Å². The predicted molar refractivity (Wildman–Crippen MR) is 352 cm³/mol. The SMILES string of the molecule is CC/C=C\C/C=C\C/C=C\C/C=C\C/C=C\C/C=C\C/C=C\C/C=C\CCCCC(=O)OCC(COC(=O)CCCCCCCCC/C=C\CCCCCCCC)OC(=O)CCCCCCCC/C=C\C/C=C\C/C=C\C/C=C\CC. The summed E-state index contributed by atoms with van der Waals surface area (Å²) in [5.74, 6) is -0.970. The number of hydrogen-bond donors (Lipinski definition) is 0. The Bertz CT molecular complexity index is 1810. The summed E-state index contributed by atoms with van der Waals surface area (Å²) in [6.07, 6.45) is 98.2. The lowest BCUT2D eigenvalue weighted by atomic mass is 10.1. The number of rotatable bonds is 58. The highest BCUT2D eigenvalue weighted by molar-refractivity contribution is 5.71. The number of carbonyl (C=O) groups excluding carboxylic acids is 3. The lowest BCUT2D eigenvalue weighted by Gasteiger charge is -2.18. The van der Waals surface area contributed by atoms with Crippen LogP contribution in [0.1, 0.15) is 278 Å². The first kappa shape index (κ1) is 76.0. The Labute approximate surface area is 499 Å². The van der Waals surface area contributed by atoms with Gasteiger partial charge in [-0.1, -0.05) is 269 Å². The molecule has 1 atom stereocenters. The highest BCUT2D eigenvalue weighted by Gasteiger charge is 2.19. The summed E-state index contributed by atoms with van der Waals surface area (Å²) in [6.45, 7) is 6.36. The molecule has 0 radical (unpaired) electrons. The first-order chi connectivity index (χ1) is 40.0. The van der Waals surface area contributed by atoms with Crippen molar-refractivity contribution in [3.63, 3.8) is 0 Å². The van der Waals surface area contributed by atoms with Crippen LogP contribution in [-0.4, -0.2) is 37.2 Å². The number of ether oxygens (including phenoxy) is 3. The largest absolute Gasteiger partial charge is 0.462 e. The minimum Gasteiger partial charge on any atom is -0.462 e. The third kappa shape index (κ3) is 65.7. The average molecular weight is 1120 g/mol. The van der Waals surface area contributed by atoms with E-state index < -0.39 is 6.10 Å². The minimum absolute atomic E-state index is 0.106. The van der Waals surface area contributed by atoms with E-state index in [9.17, 15) is 14.4 Å². The summed E-state index contributed by atoms with van der Waals surface area (Å²) < 4.78 is 16.9. The van der Waals surface area contributed by atoms with Gasteiger partial charge in [0.15, 0.2) is 6.10 Å². The topological polar surface area (TPSA) is 78.9 Å². The number of esters is 3. The molecule has 456 valence electrons. The second-order valence-corrected chi connectivity index (χ2v) is 21.3. The maximum absolute atomic E-state index is 12.9. The third-order valence-electron chi connectivity index (χ3n) is 13.5. The van der Waals surface area contributed by atoms with Gasteiger partial charge in [-0.25, -0.2) is 0 Å². The maximum atomic E-state index is 12.9. The van der Waals surface area contributed by atoms with Crippen LogP contribution in [0.15, 0.2) is 158 Å². The quantitative estimate of drug-likeness (QED) is 0.0261. The van der Waals surface area contributed by atoms with Gasteiger partial charge >= 0.3 is 17.9 Å². The molecular weight excluding hydrogens is 997 g/mol. The molecule has 0 aromatic heterocycles. The molecule has 0 N–H and O–H groups in total. The van der Waals surface area contributed by atoms with Crippen LogP contribution in [0.5, 0.6) is 0 Å². The first-order valence-electron chi connectivity index (χ1n) is 33.0. The standard InChI is InChI=1S/C75H120O6/c1-4-7-10-13-16-19-22-25-28-31-33-34-35-36-37-38-39-40-42-44-47-50-53-56-59-62-65-68-74(77)80-71-72(70-79-73(76)67-64-61-58-55-52-49-46-43-30-27-24-21-18-15-12-9-6-3)81-75(78)69-66-63-60-57-54-51-48-45-41-32-29-26-23-20-17-14-11-8-5-2/h7-8,10-11,16-17,19-20,25-30,33-34,36-37,39-41,44-45,47,53,56,72H,4-6,9,12-15,18,21-24,31-32,35,38,42-43,46,48-52,54-55,57-71H2,1-3H3/b10-7-,11-8-,19-16-,20-17-,28-25-,29-26-,30-27-,34-33-,37-36-,40-39-,45-41-,47-44-,56-53-. The van der Waals surface area contributed by atoms with Gasteiger partial charge in [0.1, 0.15) is 13.2 Å². The van der Waals surface area contributed by atoms with Gasteiger partial charge in [-0.2, -0.15) is 0 Å². The molecule has 0 saturated heterocycles. The molecule has 6 nitrogen and oxygen atoms in total. The summed E-state index contributed by atoms with van der Waals surface area (Å²) in [4.78, 5) is 38.4. The Hall–Kier alpha value is -4.97. The molecule has 0 bridgehead atoms. The van der Waals surface area contributed by atoms with Crippen LogP contribution in [0.4, 0.5) is 0 Å². The van der Waals surface area contributed by atoms with Crippen LogP contribution in [0.3, 0.4) is 0 Å². The zero-order valence-corrected chi connectivity index (χ0v) is 52.2. The van der Waals surface area contributed by atoms with Crippen molar-refractivity contribution in [3.8, 4) is 0 Å². The molecule has 0 aromatic rings. The number of carbonyl (C=O) groups is 3. The number of allylic oxidation sites excluding steroid dienone is 26. The second kappa shape index (κ2) is 67.5. The Morgan fingerprint density at radius 2 is 0.481 bits per heavy atom. The van der Waals surface area contributed by atoms with Crippen molar-refractivity contribution in [2.24, 2.45) is 0 Å². The normalized spacial score (nSPS) is 13.2. The van der Waals surface area contributed by atoms with Crippen molar-refractivity contribution in [1.29, 1.82) is 0 Å². The highest BCUT2D eigenvalue weighted by atomic mass is 16.6. The number of hydrogen-bond acceptors (Lipinski definition) is 6. The Balaban J connectivity index is 4.51. The van der Waals surface area contributed by atoms with Crippen LogP contribution in [0.25, 0.3) is 0 Å². The van der Waals surface area contributed by atoms with Crippen molar-refractivity contribution in [1.82, 2.24) is 0 Å². The van der Waals surface area contributed by atoms with Crippen molar-refractivity contribution in [2.75, 3.05) is 13.2 Å². The summed E-state index contributed by atoms with van der Waals surface area (Å²) in [6, 6.07) is 0. The zero-order chi connectivity index (χ0) is 58.5. The molecule has 81 heavy (non-hydrogen) atoms. The van der Waals surface area contributed by atoms with Crippen molar-refractivity contribution in [3.05, 3.63) is 158 Å². The second-order valence-electron chi connectivity index (χ2n) is 21.3. The van der Waals surface area contributed by atoms with Crippen LogP contribution in [0, 0.1) is 0 Å². The van der Waals surface area contributed by atoms with E-state index in [0.717, 1.165) is 141 Å². The predicted octanol–water partition coefficient (Wildman–Crippen LogP) is 22.9.